The molecule has 0 radical (unpaired) electrons. The summed E-state index contributed by atoms with van der Waals surface area (Å²) in [5, 5.41) is 24.0. The Morgan fingerprint density at radius 2 is 1.86 bits per heavy atom. The summed E-state index contributed by atoms with van der Waals surface area (Å²) in [6.45, 7) is 1.49. The fourth-order valence-corrected chi connectivity index (χ4v) is 3.56. The van der Waals surface area contributed by atoms with E-state index in [1.165, 1.54) is 49.4 Å². The van der Waals surface area contributed by atoms with Gasteiger partial charge in [-0.2, -0.15) is 8.42 Å². The van der Waals surface area contributed by atoms with Crippen LogP contribution in [-0.4, -0.2) is 28.9 Å². The molecule has 0 heterocycles. The van der Waals surface area contributed by atoms with E-state index in [4.69, 9.17) is 0 Å². The third-order valence-corrected chi connectivity index (χ3v) is 5.06. The van der Waals surface area contributed by atoms with Gasteiger partial charge in [-0.25, -0.2) is 0 Å². The van der Waals surface area contributed by atoms with Crippen molar-refractivity contribution in [2.75, 3.05) is 5.32 Å². The van der Waals surface area contributed by atoms with Gasteiger partial charge in [0.05, 0.1) is 10.6 Å². The van der Waals surface area contributed by atoms with Crippen molar-refractivity contribution < 1.29 is 27.8 Å². The molecule has 0 saturated carbocycles. The fraction of sp³-hybridized carbons (Fsp3) is 0.0556. The lowest BCUT2D eigenvalue weighted by molar-refractivity contribution is -0.385. The van der Waals surface area contributed by atoms with E-state index in [1.807, 2.05) is 0 Å². The molecule has 3 rings (SSSR count). The number of amides is 1. The number of nitrogens with one attached hydrogen (secondary N) is 1. The zero-order chi connectivity index (χ0) is 20.6. The Morgan fingerprint density at radius 1 is 1.14 bits per heavy atom. The third kappa shape index (κ3) is 3.50. The quantitative estimate of drug-likeness (QED) is 0.263. The highest BCUT2D eigenvalue weighted by atomic mass is 32.2. The summed E-state index contributed by atoms with van der Waals surface area (Å²) in [5.41, 5.74) is 0.187. The maximum atomic E-state index is 12.5. The van der Waals surface area contributed by atoms with Crippen molar-refractivity contribution in [3.05, 3.63) is 69.8 Å². The van der Waals surface area contributed by atoms with Crippen LogP contribution in [0, 0.1) is 17.0 Å². The van der Waals surface area contributed by atoms with Crippen LogP contribution in [-0.2, 0) is 10.1 Å². The van der Waals surface area contributed by atoms with Crippen molar-refractivity contribution in [3.8, 4) is 5.75 Å². The lowest BCUT2D eigenvalue weighted by Crippen LogP contribution is -2.12. The number of phenols is 1. The van der Waals surface area contributed by atoms with Crippen LogP contribution >= 0.6 is 0 Å². The standard InChI is InChI=1S/C18H14N2O7S/c1-10-9-12(6-8-14(10)20(23)24)18(22)19-13-7-5-11-3-2-4-15(28(25,26)27)16(11)17(13)21/h2-9,21H,1H3,(H,19,22)(H,25,26,27). The number of nitro benzene ring substituents is 1. The summed E-state index contributed by atoms with van der Waals surface area (Å²) in [6.07, 6.45) is 0. The molecule has 9 nitrogen and oxygen atoms in total. The number of hydrogen-bond donors (Lipinski definition) is 3. The van der Waals surface area contributed by atoms with Crippen molar-refractivity contribution >= 4 is 38.2 Å². The van der Waals surface area contributed by atoms with Gasteiger partial charge in [-0.1, -0.05) is 18.2 Å². The Bertz CT molecular complexity index is 1240. The summed E-state index contributed by atoms with van der Waals surface area (Å²) in [7, 11) is -4.60. The minimum Gasteiger partial charge on any atom is -0.505 e. The van der Waals surface area contributed by atoms with E-state index in [0.717, 1.165) is 6.07 Å². The van der Waals surface area contributed by atoms with Crippen molar-refractivity contribution in [2.24, 2.45) is 0 Å². The molecular formula is C18H14N2O7S. The Hall–Kier alpha value is -3.50. The second-order valence-corrected chi connectivity index (χ2v) is 7.39. The number of hydrogen-bond acceptors (Lipinski definition) is 6. The van der Waals surface area contributed by atoms with E-state index >= 15 is 0 Å². The first-order chi connectivity index (χ1) is 13.1. The van der Waals surface area contributed by atoms with Gasteiger partial charge in [0.25, 0.3) is 21.7 Å². The smallest absolute Gasteiger partial charge is 0.295 e. The maximum Gasteiger partial charge on any atom is 0.295 e. The molecule has 0 fully saturated rings. The summed E-state index contributed by atoms with van der Waals surface area (Å²) >= 11 is 0. The van der Waals surface area contributed by atoms with Crippen LogP contribution in [0.4, 0.5) is 11.4 Å². The van der Waals surface area contributed by atoms with Gasteiger partial charge in [0.2, 0.25) is 0 Å². The number of fused-ring (bicyclic) bond motifs is 1. The number of carbonyl (C=O) groups is 1. The summed E-state index contributed by atoms with van der Waals surface area (Å²) in [6, 6.07) is 10.7. The molecular weight excluding hydrogens is 388 g/mol. The highest BCUT2D eigenvalue weighted by molar-refractivity contribution is 7.86. The van der Waals surface area contributed by atoms with Gasteiger partial charge in [-0.3, -0.25) is 19.5 Å². The average molecular weight is 402 g/mol. The molecule has 0 spiro atoms. The number of benzene rings is 3. The van der Waals surface area contributed by atoms with E-state index in [1.54, 1.807) is 0 Å². The number of aryl methyl sites for hydroxylation is 1. The minimum atomic E-state index is -4.60. The van der Waals surface area contributed by atoms with E-state index in [2.05, 4.69) is 5.32 Å². The molecule has 0 aliphatic rings. The molecule has 0 bridgehead atoms. The van der Waals surface area contributed by atoms with Gasteiger partial charge < -0.3 is 10.4 Å². The fourth-order valence-electron chi connectivity index (χ4n) is 2.84. The summed E-state index contributed by atoms with van der Waals surface area (Å²) in [4.78, 5) is 22.3. The third-order valence-electron chi connectivity index (χ3n) is 4.16. The molecule has 0 saturated heterocycles. The predicted octanol–water partition coefficient (Wildman–Crippen LogP) is 3.26. The molecule has 28 heavy (non-hydrogen) atoms. The Balaban J connectivity index is 2.03. The summed E-state index contributed by atoms with van der Waals surface area (Å²) in [5.74, 6) is -1.19. The van der Waals surface area contributed by atoms with Gasteiger partial charge >= 0.3 is 0 Å². The molecule has 0 unspecified atom stereocenters. The van der Waals surface area contributed by atoms with Gasteiger partial charge in [-0.15, -0.1) is 0 Å². The molecule has 3 N–H and O–H groups in total. The van der Waals surface area contributed by atoms with Crippen LogP contribution in [0.15, 0.2) is 53.4 Å². The second-order valence-electron chi connectivity index (χ2n) is 6.00. The van der Waals surface area contributed by atoms with Crippen molar-refractivity contribution in [3.63, 3.8) is 0 Å². The van der Waals surface area contributed by atoms with E-state index < -0.39 is 31.6 Å². The van der Waals surface area contributed by atoms with Crippen LogP contribution in [0.25, 0.3) is 10.8 Å². The largest absolute Gasteiger partial charge is 0.505 e. The number of carbonyl (C=O) groups excluding carboxylic acids is 1. The van der Waals surface area contributed by atoms with Gasteiger partial charge in [0, 0.05) is 22.6 Å². The van der Waals surface area contributed by atoms with E-state index in [9.17, 15) is 33.0 Å². The van der Waals surface area contributed by atoms with Crippen LogP contribution in [0.5, 0.6) is 5.75 Å². The minimum absolute atomic E-state index is 0.0791. The zero-order valence-corrected chi connectivity index (χ0v) is 15.2. The molecule has 10 heteroatoms. The van der Waals surface area contributed by atoms with Gasteiger partial charge in [0.1, 0.15) is 10.6 Å². The molecule has 3 aromatic carbocycles. The SMILES string of the molecule is Cc1cc(C(=O)Nc2ccc3cccc(S(=O)(=O)O)c3c2O)ccc1[N+](=O)[O-]. The molecule has 3 aromatic rings. The first kappa shape index (κ1) is 19.3. The van der Waals surface area contributed by atoms with E-state index in [0.29, 0.717) is 5.39 Å². The van der Waals surface area contributed by atoms with Crippen LogP contribution in [0.3, 0.4) is 0 Å². The van der Waals surface area contributed by atoms with Crippen LogP contribution in [0.2, 0.25) is 0 Å². The van der Waals surface area contributed by atoms with Gasteiger partial charge in [-0.05, 0) is 36.6 Å². The number of anilines is 1. The Labute approximate surface area is 159 Å². The number of nitrogens with zero attached hydrogens (tertiary/aromatic N) is 1. The topological polar surface area (TPSA) is 147 Å². The monoisotopic (exact) mass is 402 g/mol. The Morgan fingerprint density at radius 3 is 2.46 bits per heavy atom. The van der Waals surface area contributed by atoms with E-state index in [-0.39, 0.29) is 27.9 Å². The highest BCUT2D eigenvalue weighted by Gasteiger charge is 2.20. The molecule has 0 atom stereocenters. The number of rotatable bonds is 4. The van der Waals surface area contributed by atoms with Crippen LogP contribution < -0.4 is 5.32 Å². The molecule has 0 aliphatic carbocycles. The van der Waals surface area contributed by atoms with Crippen LogP contribution in [0.1, 0.15) is 15.9 Å². The maximum absolute atomic E-state index is 12.5. The lowest BCUT2D eigenvalue weighted by Gasteiger charge is -2.12. The Kier molecular flexibility index (Phi) is 4.75. The molecule has 1 amide bonds. The van der Waals surface area contributed by atoms with Gasteiger partial charge in [0.15, 0.2) is 0 Å². The first-order valence-electron chi connectivity index (χ1n) is 7.88. The number of phenolic OH excluding ortho intramolecular Hbond substituents is 1. The number of nitro groups is 1. The molecule has 0 aromatic heterocycles. The number of aromatic hydroxyl groups is 1. The van der Waals surface area contributed by atoms with Crippen molar-refractivity contribution in [1.82, 2.24) is 0 Å². The zero-order valence-electron chi connectivity index (χ0n) is 14.4. The highest BCUT2D eigenvalue weighted by Crippen LogP contribution is 2.37. The molecule has 0 aliphatic heterocycles. The molecule has 144 valence electrons. The average Bonchev–Trinajstić information content (AvgIpc) is 2.62. The van der Waals surface area contributed by atoms with Crippen molar-refractivity contribution in [1.29, 1.82) is 0 Å². The lowest BCUT2D eigenvalue weighted by atomic mass is 10.1. The summed E-state index contributed by atoms with van der Waals surface area (Å²) < 4.78 is 32.5. The van der Waals surface area contributed by atoms with Crippen molar-refractivity contribution in [2.45, 2.75) is 11.8 Å². The second kappa shape index (κ2) is 6.91. The first-order valence-corrected chi connectivity index (χ1v) is 9.32. The normalized spacial score (nSPS) is 11.4. The predicted molar refractivity (Wildman–Crippen MR) is 101 cm³/mol.